The molecule has 0 saturated carbocycles. The van der Waals surface area contributed by atoms with Gasteiger partial charge in [0, 0.05) is 0 Å². The summed E-state index contributed by atoms with van der Waals surface area (Å²) in [5, 5.41) is 18.3. The van der Waals surface area contributed by atoms with Gasteiger partial charge in [0.15, 0.2) is 6.07 Å². The first-order valence-corrected chi connectivity index (χ1v) is 3.28. The van der Waals surface area contributed by atoms with E-state index in [0.29, 0.717) is 0 Å². The third kappa shape index (κ3) is 1.83. The molecule has 0 bridgehead atoms. The van der Waals surface area contributed by atoms with E-state index in [9.17, 15) is 14.9 Å². The maximum absolute atomic E-state index is 10.7. The molecule has 12 heavy (non-hydrogen) atoms. The van der Waals surface area contributed by atoms with Crippen LogP contribution in [0.2, 0.25) is 0 Å². The fraction of sp³-hybridized carbons (Fsp3) is 0.600. The summed E-state index contributed by atoms with van der Waals surface area (Å²) >= 11 is 5.05. The van der Waals surface area contributed by atoms with E-state index in [1.54, 1.807) is 0 Å². The lowest BCUT2D eigenvalue weighted by molar-refractivity contribution is -0.513. The van der Waals surface area contributed by atoms with Crippen LogP contribution in [0.3, 0.4) is 0 Å². The molecule has 0 aromatic carbocycles. The topological polar surface area (TPSA) is 93.2 Å². The molecule has 0 aliphatic heterocycles. The highest BCUT2D eigenvalue weighted by Gasteiger charge is 2.52. The predicted molar refractivity (Wildman–Crippen MR) is 37.8 cm³/mol. The van der Waals surface area contributed by atoms with Crippen molar-refractivity contribution in [3.05, 3.63) is 10.1 Å². The van der Waals surface area contributed by atoms with Crippen molar-refractivity contribution in [1.82, 2.24) is 0 Å². The van der Waals surface area contributed by atoms with Crippen LogP contribution in [0.15, 0.2) is 0 Å². The molecule has 0 aliphatic carbocycles. The van der Waals surface area contributed by atoms with E-state index < -0.39 is 15.9 Å². The van der Waals surface area contributed by atoms with Crippen molar-refractivity contribution in [3.63, 3.8) is 0 Å². The molecule has 6 nitrogen and oxygen atoms in total. The first-order valence-electron chi connectivity index (χ1n) is 2.91. The highest BCUT2D eigenvalue weighted by Crippen LogP contribution is 2.16. The molecule has 0 aromatic rings. The Hall–Kier alpha value is -1.35. The average Bonchev–Trinajstić information content (AvgIpc) is 2.03. The van der Waals surface area contributed by atoms with Gasteiger partial charge in [0.2, 0.25) is 0 Å². The van der Waals surface area contributed by atoms with E-state index in [0.717, 1.165) is 6.07 Å². The Balaban J connectivity index is 4.67. The molecule has 0 saturated heterocycles. The van der Waals surface area contributed by atoms with Crippen LogP contribution < -0.4 is 0 Å². The molecule has 66 valence electrons. The number of ether oxygens (including phenoxy) is 1. The normalized spacial score (nSPS) is 14.1. The van der Waals surface area contributed by atoms with Crippen molar-refractivity contribution in [3.8, 4) is 6.07 Å². The molecule has 0 aromatic heterocycles. The Bertz CT molecular complexity index is 248. The fourth-order valence-electron chi connectivity index (χ4n) is 0.388. The van der Waals surface area contributed by atoms with Crippen molar-refractivity contribution in [2.24, 2.45) is 0 Å². The molecule has 0 fully saturated rings. The SMILES string of the molecule is CCOC(=O)C(Cl)(C#N)[N+](=O)[O-]. The highest BCUT2D eigenvalue weighted by atomic mass is 35.5. The molecule has 0 aliphatic rings. The van der Waals surface area contributed by atoms with Gasteiger partial charge in [-0.3, -0.25) is 10.1 Å². The van der Waals surface area contributed by atoms with E-state index in [1.807, 2.05) is 0 Å². The van der Waals surface area contributed by atoms with Crippen LogP contribution in [0.4, 0.5) is 0 Å². The summed E-state index contributed by atoms with van der Waals surface area (Å²) < 4.78 is 4.22. The van der Waals surface area contributed by atoms with Gasteiger partial charge in [0.05, 0.1) is 11.5 Å². The van der Waals surface area contributed by atoms with Gasteiger partial charge < -0.3 is 4.74 Å². The van der Waals surface area contributed by atoms with E-state index in [2.05, 4.69) is 4.74 Å². The summed E-state index contributed by atoms with van der Waals surface area (Å²) in [6.45, 7) is 1.38. The average molecular weight is 193 g/mol. The van der Waals surface area contributed by atoms with Crippen molar-refractivity contribution >= 4 is 17.6 Å². The van der Waals surface area contributed by atoms with Gasteiger partial charge in [-0.15, -0.1) is 0 Å². The molecule has 0 amide bonds. The second-order valence-corrected chi connectivity index (χ2v) is 2.26. The molecule has 0 spiro atoms. The number of alkyl halides is 1. The minimum atomic E-state index is -2.81. The maximum atomic E-state index is 10.7. The number of carbonyl (C=O) groups is 1. The summed E-state index contributed by atoms with van der Waals surface area (Å²) in [4.78, 5) is 16.8. The van der Waals surface area contributed by atoms with Crippen LogP contribution in [0.5, 0.6) is 0 Å². The number of rotatable bonds is 3. The standard InChI is InChI=1S/C5H5ClN2O4/c1-2-12-4(9)5(6,3-7)8(10)11/h2H2,1H3. The Labute approximate surface area is 72.8 Å². The first-order chi connectivity index (χ1) is 5.49. The third-order valence-corrected chi connectivity index (χ3v) is 1.32. The minimum Gasteiger partial charge on any atom is -0.459 e. The van der Waals surface area contributed by atoms with Crippen molar-refractivity contribution in [1.29, 1.82) is 5.26 Å². The van der Waals surface area contributed by atoms with Crippen molar-refractivity contribution in [2.75, 3.05) is 6.61 Å². The van der Waals surface area contributed by atoms with Crippen molar-refractivity contribution < 1.29 is 14.5 Å². The smallest absolute Gasteiger partial charge is 0.459 e. The lowest BCUT2D eigenvalue weighted by Gasteiger charge is -2.07. The van der Waals surface area contributed by atoms with Crippen LogP contribution in [0, 0.1) is 21.4 Å². The summed E-state index contributed by atoms with van der Waals surface area (Å²) in [7, 11) is 0. The van der Waals surface area contributed by atoms with E-state index >= 15 is 0 Å². The molecule has 1 atom stereocenters. The Morgan fingerprint density at radius 1 is 1.92 bits per heavy atom. The number of hydrogen-bond donors (Lipinski definition) is 0. The number of nitriles is 1. The quantitative estimate of drug-likeness (QED) is 0.211. The number of halogens is 1. The first kappa shape index (κ1) is 10.7. The minimum absolute atomic E-state index is 0.0666. The fourth-order valence-corrected chi connectivity index (χ4v) is 0.442. The Morgan fingerprint density at radius 2 is 2.42 bits per heavy atom. The van der Waals surface area contributed by atoms with Crippen molar-refractivity contribution in [2.45, 2.75) is 11.9 Å². The maximum Gasteiger partial charge on any atom is 0.474 e. The lowest BCUT2D eigenvalue weighted by atomic mass is 10.3. The molecular weight excluding hydrogens is 188 g/mol. The van der Waals surface area contributed by atoms with Crippen LogP contribution >= 0.6 is 11.6 Å². The second-order valence-electron chi connectivity index (χ2n) is 1.71. The monoisotopic (exact) mass is 192 g/mol. The van der Waals surface area contributed by atoms with E-state index in [-0.39, 0.29) is 6.61 Å². The number of nitro groups is 1. The zero-order valence-electron chi connectivity index (χ0n) is 6.11. The molecule has 7 heteroatoms. The molecule has 0 rings (SSSR count). The summed E-state index contributed by atoms with van der Waals surface area (Å²) in [5.74, 6) is -1.36. The van der Waals surface area contributed by atoms with Gasteiger partial charge in [-0.2, -0.15) is 5.26 Å². The van der Waals surface area contributed by atoms with Crippen LogP contribution in [0.1, 0.15) is 6.92 Å². The zero-order valence-corrected chi connectivity index (χ0v) is 6.87. The number of carbonyl (C=O) groups excluding carboxylic acids is 1. The largest absolute Gasteiger partial charge is 0.474 e. The third-order valence-electron chi connectivity index (χ3n) is 0.946. The van der Waals surface area contributed by atoms with Gasteiger partial charge in [0.1, 0.15) is 0 Å². The molecule has 0 N–H and O–H groups in total. The number of hydrogen-bond acceptors (Lipinski definition) is 5. The van der Waals surface area contributed by atoms with Gasteiger partial charge in [-0.25, -0.2) is 4.79 Å². The zero-order chi connectivity index (χ0) is 9.78. The molecular formula is C5H5ClN2O4. The van der Waals surface area contributed by atoms with E-state index in [4.69, 9.17) is 16.9 Å². The second kappa shape index (κ2) is 3.88. The van der Waals surface area contributed by atoms with Crippen LogP contribution in [-0.2, 0) is 9.53 Å². The Kier molecular flexibility index (Phi) is 3.44. The van der Waals surface area contributed by atoms with Gasteiger partial charge in [-0.05, 0) is 18.5 Å². The van der Waals surface area contributed by atoms with Crippen LogP contribution in [0.25, 0.3) is 0 Å². The molecule has 0 heterocycles. The molecule has 1 unspecified atom stereocenters. The summed E-state index contributed by atoms with van der Waals surface area (Å²) in [5.41, 5.74) is 0. The number of esters is 1. The van der Waals surface area contributed by atoms with Gasteiger partial charge in [-0.1, -0.05) is 0 Å². The van der Waals surface area contributed by atoms with E-state index in [1.165, 1.54) is 6.92 Å². The lowest BCUT2D eigenvalue weighted by Crippen LogP contribution is -2.40. The number of nitrogens with zero attached hydrogens (tertiary/aromatic N) is 2. The summed E-state index contributed by atoms with van der Waals surface area (Å²) in [6, 6.07) is 1.05. The van der Waals surface area contributed by atoms with Gasteiger partial charge in [0.25, 0.3) is 0 Å². The molecule has 0 radical (unpaired) electrons. The van der Waals surface area contributed by atoms with Crippen LogP contribution in [-0.4, -0.2) is 22.5 Å². The van der Waals surface area contributed by atoms with Gasteiger partial charge >= 0.3 is 11.0 Å². The Morgan fingerprint density at radius 3 is 2.67 bits per heavy atom. The summed E-state index contributed by atoms with van der Waals surface area (Å²) in [6.07, 6.45) is 0. The highest BCUT2D eigenvalue weighted by molar-refractivity contribution is 6.34. The predicted octanol–water partition coefficient (Wildman–Crippen LogP) is 0.285.